The summed E-state index contributed by atoms with van der Waals surface area (Å²) in [6.45, 7) is 1.55. The van der Waals surface area contributed by atoms with E-state index < -0.39 is 5.97 Å². The molecule has 0 amide bonds. The molecule has 0 radical (unpaired) electrons. The van der Waals surface area contributed by atoms with Crippen LogP contribution < -0.4 is 4.90 Å². The Labute approximate surface area is 206 Å². The summed E-state index contributed by atoms with van der Waals surface area (Å²) < 4.78 is 5.43. The molecule has 0 saturated carbocycles. The van der Waals surface area contributed by atoms with Crippen molar-refractivity contribution in [3.05, 3.63) is 76.3 Å². The maximum atomic E-state index is 13.0. The maximum Gasteiger partial charge on any atom is 0.339 e. The number of ketones is 1. The summed E-state index contributed by atoms with van der Waals surface area (Å²) in [7, 11) is 0. The molecule has 0 unspecified atom stereocenters. The number of hydrogen-bond donors (Lipinski definition) is 0. The van der Waals surface area contributed by atoms with Gasteiger partial charge < -0.3 is 9.64 Å². The first-order chi connectivity index (χ1) is 16.6. The van der Waals surface area contributed by atoms with Crippen LogP contribution in [0.3, 0.4) is 0 Å². The zero-order valence-electron chi connectivity index (χ0n) is 18.4. The molecule has 2 aromatic carbocycles. The lowest BCUT2D eigenvalue weighted by atomic mass is 10.0. The van der Waals surface area contributed by atoms with E-state index in [2.05, 4.69) is 14.9 Å². The van der Waals surface area contributed by atoms with Crippen LogP contribution in [0.4, 0.5) is 5.13 Å². The topological polar surface area (TPSA) is 72.4 Å². The number of para-hydroxylation sites is 1. The largest absolute Gasteiger partial charge is 0.454 e. The smallest absolute Gasteiger partial charge is 0.339 e. The Morgan fingerprint density at radius 3 is 2.56 bits per heavy atom. The molecule has 172 valence electrons. The van der Waals surface area contributed by atoms with Crippen LogP contribution in [-0.4, -0.2) is 41.4 Å². The molecule has 4 aromatic rings. The number of esters is 1. The number of piperidine rings is 1. The van der Waals surface area contributed by atoms with Crippen molar-refractivity contribution >= 4 is 50.7 Å². The molecule has 0 bridgehead atoms. The Bertz CT molecular complexity index is 1350. The molecule has 3 heterocycles. The standard InChI is InChI=1S/C26H22ClN3O3S/c27-18-10-8-17(9-11-18)22-14-20(19-6-2-3-7-21(19)28-22)25(32)33-15-24(31)23-16-34-26(29-23)30-12-4-1-5-13-30/h2-3,6-11,14,16H,1,4-5,12-13,15H2. The highest BCUT2D eigenvalue weighted by Crippen LogP contribution is 2.27. The van der Waals surface area contributed by atoms with Gasteiger partial charge in [0.2, 0.25) is 5.78 Å². The van der Waals surface area contributed by atoms with Gasteiger partial charge in [0.05, 0.1) is 16.8 Å². The van der Waals surface area contributed by atoms with Crippen LogP contribution in [0.1, 0.15) is 40.1 Å². The Kier molecular flexibility index (Phi) is 6.56. The summed E-state index contributed by atoms with van der Waals surface area (Å²) in [5.41, 5.74) is 2.81. The molecular weight excluding hydrogens is 470 g/mol. The number of rotatable bonds is 6. The van der Waals surface area contributed by atoms with Crippen molar-refractivity contribution in [1.29, 1.82) is 0 Å². The number of carbonyl (C=O) groups is 2. The molecule has 1 fully saturated rings. The third-order valence-corrected chi connectivity index (χ3v) is 6.97. The van der Waals surface area contributed by atoms with Gasteiger partial charge >= 0.3 is 5.97 Å². The Morgan fingerprint density at radius 2 is 1.76 bits per heavy atom. The number of thiazole rings is 1. The zero-order chi connectivity index (χ0) is 23.5. The number of hydrogen-bond acceptors (Lipinski definition) is 7. The summed E-state index contributed by atoms with van der Waals surface area (Å²) in [4.78, 5) is 37.1. The van der Waals surface area contributed by atoms with Crippen LogP contribution in [0, 0.1) is 0 Å². The first-order valence-electron chi connectivity index (χ1n) is 11.1. The Hall–Kier alpha value is -3.29. The molecule has 8 heteroatoms. The first-order valence-corrected chi connectivity index (χ1v) is 12.4. The van der Waals surface area contributed by atoms with Crippen LogP contribution in [0.2, 0.25) is 5.02 Å². The molecular formula is C26H22ClN3O3S. The van der Waals surface area contributed by atoms with E-state index in [4.69, 9.17) is 16.3 Å². The number of halogens is 1. The molecule has 2 aromatic heterocycles. The first kappa shape index (κ1) is 22.5. The van der Waals surface area contributed by atoms with Crippen molar-refractivity contribution in [3.8, 4) is 11.3 Å². The van der Waals surface area contributed by atoms with Crippen LogP contribution in [-0.2, 0) is 4.74 Å². The highest BCUT2D eigenvalue weighted by Gasteiger charge is 2.20. The van der Waals surface area contributed by atoms with E-state index in [0.717, 1.165) is 36.6 Å². The van der Waals surface area contributed by atoms with Gasteiger partial charge in [0, 0.05) is 34.4 Å². The summed E-state index contributed by atoms with van der Waals surface area (Å²) >= 11 is 7.46. The van der Waals surface area contributed by atoms with E-state index in [1.807, 2.05) is 36.4 Å². The van der Waals surface area contributed by atoms with Gasteiger partial charge in [-0.25, -0.2) is 14.8 Å². The lowest BCUT2D eigenvalue weighted by Crippen LogP contribution is -2.29. The second-order valence-electron chi connectivity index (χ2n) is 8.14. The number of nitrogens with zero attached hydrogens (tertiary/aromatic N) is 3. The van der Waals surface area contributed by atoms with Gasteiger partial charge in [-0.15, -0.1) is 11.3 Å². The van der Waals surface area contributed by atoms with Crippen molar-refractivity contribution in [3.63, 3.8) is 0 Å². The minimum Gasteiger partial charge on any atom is -0.454 e. The summed E-state index contributed by atoms with van der Waals surface area (Å²) in [5.74, 6) is -0.891. The summed E-state index contributed by atoms with van der Waals surface area (Å²) in [6, 6.07) is 16.3. The van der Waals surface area contributed by atoms with Crippen molar-refractivity contribution in [1.82, 2.24) is 9.97 Å². The number of benzene rings is 2. The molecule has 0 aliphatic carbocycles. The van der Waals surface area contributed by atoms with Gasteiger partial charge in [-0.1, -0.05) is 41.9 Å². The molecule has 1 aliphatic heterocycles. The normalized spacial score (nSPS) is 13.7. The number of Topliss-reactive ketones (excluding diaryl/α,β-unsaturated/α-hetero) is 1. The van der Waals surface area contributed by atoms with Crippen LogP contribution in [0.15, 0.2) is 60.0 Å². The van der Waals surface area contributed by atoms with Crippen molar-refractivity contribution in [2.45, 2.75) is 19.3 Å². The molecule has 0 spiro atoms. The average Bonchev–Trinajstić information content (AvgIpc) is 3.38. The average molecular weight is 492 g/mol. The minimum atomic E-state index is -0.575. The van der Waals surface area contributed by atoms with Crippen LogP contribution in [0.25, 0.3) is 22.2 Å². The Morgan fingerprint density at radius 1 is 1.00 bits per heavy atom. The van der Waals surface area contributed by atoms with Gasteiger partial charge in [-0.3, -0.25) is 4.79 Å². The number of fused-ring (bicyclic) bond motifs is 1. The highest BCUT2D eigenvalue weighted by atomic mass is 35.5. The fourth-order valence-electron chi connectivity index (χ4n) is 4.02. The van der Waals surface area contributed by atoms with E-state index in [0.29, 0.717) is 32.9 Å². The Balaban J connectivity index is 1.34. The van der Waals surface area contributed by atoms with E-state index in [1.54, 1.807) is 23.6 Å². The van der Waals surface area contributed by atoms with E-state index in [-0.39, 0.29) is 12.4 Å². The SMILES string of the molecule is O=C(COC(=O)c1cc(-c2ccc(Cl)cc2)nc2ccccc12)c1csc(N2CCCCC2)n1. The third-order valence-electron chi connectivity index (χ3n) is 5.81. The molecule has 0 atom stereocenters. The number of pyridine rings is 1. The van der Waals surface area contributed by atoms with Gasteiger partial charge in [-0.05, 0) is 43.5 Å². The predicted octanol–water partition coefficient (Wildman–Crippen LogP) is 6.04. The second-order valence-corrected chi connectivity index (χ2v) is 9.41. The van der Waals surface area contributed by atoms with E-state index in [9.17, 15) is 9.59 Å². The monoisotopic (exact) mass is 491 g/mol. The van der Waals surface area contributed by atoms with Gasteiger partial charge in [0.25, 0.3) is 0 Å². The number of aromatic nitrogens is 2. The number of carbonyl (C=O) groups excluding carboxylic acids is 2. The fourth-order valence-corrected chi connectivity index (χ4v) is 5.03. The third kappa shape index (κ3) is 4.81. The lowest BCUT2D eigenvalue weighted by Gasteiger charge is -2.25. The van der Waals surface area contributed by atoms with Crippen LogP contribution in [0.5, 0.6) is 0 Å². The molecule has 34 heavy (non-hydrogen) atoms. The second kappa shape index (κ2) is 9.91. The molecule has 5 rings (SSSR count). The van der Waals surface area contributed by atoms with E-state index in [1.165, 1.54) is 17.8 Å². The number of ether oxygens (including phenoxy) is 1. The van der Waals surface area contributed by atoms with Crippen molar-refractivity contribution in [2.75, 3.05) is 24.6 Å². The quantitative estimate of drug-likeness (QED) is 0.242. The predicted molar refractivity (Wildman–Crippen MR) is 135 cm³/mol. The van der Waals surface area contributed by atoms with E-state index >= 15 is 0 Å². The molecule has 1 aliphatic rings. The highest BCUT2D eigenvalue weighted by molar-refractivity contribution is 7.13. The van der Waals surface area contributed by atoms with Gasteiger partial charge in [0.1, 0.15) is 5.69 Å². The molecule has 6 nitrogen and oxygen atoms in total. The lowest BCUT2D eigenvalue weighted by molar-refractivity contribution is 0.0475. The zero-order valence-corrected chi connectivity index (χ0v) is 19.9. The fraction of sp³-hybridized carbons (Fsp3) is 0.231. The maximum absolute atomic E-state index is 13.0. The van der Waals surface area contributed by atoms with Gasteiger partial charge in [0.15, 0.2) is 11.7 Å². The van der Waals surface area contributed by atoms with Crippen LogP contribution >= 0.6 is 22.9 Å². The number of anilines is 1. The minimum absolute atomic E-state index is 0.316. The van der Waals surface area contributed by atoms with Gasteiger partial charge in [-0.2, -0.15) is 0 Å². The molecule has 0 N–H and O–H groups in total. The summed E-state index contributed by atoms with van der Waals surface area (Å²) in [6.07, 6.45) is 3.50. The van der Waals surface area contributed by atoms with Crippen molar-refractivity contribution < 1.29 is 14.3 Å². The summed E-state index contributed by atoms with van der Waals surface area (Å²) in [5, 5.41) is 3.87. The van der Waals surface area contributed by atoms with Crippen molar-refractivity contribution in [2.24, 2.45) is 0 Å². The molecule has 1 saturated heterocycles.